The average Bonchev–Trinajstić information content (AvgIpc) is 3.02. The van der Waals surface area contributed by atoms with Gasteiger partial charge in [-0.3, -0.25) is 4.90 Å². The van der Waals surface area contributed by atoms with Crippen LogP contribution in [0.5, 0.6) is 5.75 Å². The highest BCUT2D eigenvalue weighted by atomic mass is 19.4. The summed E-state index contributed by atoms with van der Waals surface area (Å²) in [6.07, 6.45) is -2.31. The van der Waals surface area contributed by atoms with Crippen molar-refractivity contribution in [3.05, 3.63) is 53.6 Å². The summed E-state index contributed by atoms with van der Waals surface area (Å²) in [6.45, 7) is 7.15. The molecule has 3 fully saturated rings. The van der Waals surface area contributed by atoms with Gasteiger partial charge >= 0.3 is 12.5 Å². The summed E-state index contributed by atoms with van der Waals surface area (Å²) in [7, 11) is 0. The molecule has 1 amide bonds. The van der Waals surface area contributed by atoms with E-state index in [9.17, 15) is 18.0 Å². The van der Waals surface area contributed by atoms with Gasteiger partial charge in [0.25, 0.3) is 0 Å². The van der Waals surface area contributed by atoms with Crippen molar-refractivity contribution in [2.45, 2.75) is 51.6 Å². The lowest BCUT2D eigenvalue weighted by Crippen LogP contribution is -2.53. The molecule has 1 aliphatic carbocycles. The fraction of sp³-hybridized carbons (Fsp3) is 0.500. The smallest absolute Gasteiger partial charge is 0.445 e. The van der Waals surface area contributed by atoms with Crippen LogP contribution < -0.4 is 10.1 Å². The van der Waals surface area contributed by atoms with Gasteiger partial charge in [-0.1, -0.05) is 38.1 Å². The number of halogens is 3. The fourth-order valence-corrected chi connectivity index (χ4v) is 5.70. The molecule has 2 bridgehead atoms. The highest BCUT2D eigenvalue weighted by Crippen LogP contribution is 2.46. The molecule has 5 nitrogen and oxygen atoms in total. The summed E-state index contributed by atoms with van der Waals surface area (Å²) in [6, 6.07) is 11.5. The number of fused-ring (bicyclic) bond motifs is 4. The Labute approximate surface area is 197 Å². The molecule has 0 aromatic heterocycles. The Morgan fingerprint density at radius 2 is 1.82 bits per heavy atom. The van der Waals surface area contributed by atoms with Crippen LogP contribution in [-0.4, -0.2) is 43.1 Å². The lowest BCUT2D eigenvalue weighted by molar-refractivity contribution is -0.274. The Morgan fingerprint density at radius 3 is 2.50 bits per heavy atom. The molecule has 182 valence electrons. The van der Waals surface area contributed by atoms with Crippen LogP contribution in [0.15, 0.2) is 42.5 Å². The van der Waals surface area contributed by atoms with Crippen molar-refractivity contribution in [2.24, 2.45) is 11.3 Å². The number of amides is 1. The number of hydrogen-bond donors (Lipinski definition) is 1. The van der Waals surface area contributed by atoms with Crippen molar-refractivity contribution >= 4 is 6.09 Å². The summed E-state index contributed by atoms with van der Waals surface area (Å²) in [5.74, 6) is 0.166. The van der Waals surface area contributed by atoms with Gasteiger partial charge in [-0.2, -0.15) is 0 Å². The Balaban J connectivity index is 1.35. The number of piperidine rings is 3. The summed E-state index contributed by atoms with van der Waals surface area (Å²) >= 11 is 0. The number of alkyl halides is 3. The van der Waals surface area contributed by atoms with Crippen molar-refractivity contribution in [1.29, 1.82) is 0 Å². The van der Waals surface area contributed by atoms with E-state index < -0.39 is 12.5 Å². The third kappa shape index (κ3) is 4.73. The number of nitrogens with zero attached hydrogens (tertiary/aromatic N) is 1. The van der Waals surface area contributed by atoms with E-state index in [0.717, 1.165) is 55.6 Å². The standard InChI is InChI=1S/C26H29F3N2O3/c1-25(2)14-19-7-6-18(17-4-3-5-20(12-17)34-26(27,28)29)13-21(19)23(25)30-24(32)33-22-15-31-10-8-16(22)9-11-31/h3-7,12-13,16,22-23H,8-11,14-15H2,1-2H3,(H,30,32)/t22-,23?/m1/s1. The molecule has 2 atom stereocenters. The van der Waals surface area contributed by atoms with Crippen LogP contribution in [0, 0.1) is 11.3 Å². The Bertz CT molecular complexity index is 1080. The van der Waals surface area contributed by atoms with Crippen molar-refractivity contribution in [2.75, 3.05) is 19.6 Å². The van der Waals surface area contributed by atoms with Gasteiger partial charge in [0.2, 0.25) is 0 Å². The van der Waals surface area contributed by atoms with E-state index >= 15 is 0 Å². The van der Waals surface area contributed by atoms with E-state index in [0.29, 0.717) is 11.5 Å². The van der Waals surface area contributed by atoms with Gasteiger partial charge < -0.3 is 14.8 Å². The van der Waals surface area contributed by atoms with Gasteiger partial charge in [-0.05, 0) is 84.1 Å². The number of alkyl carbamates (subject to hydrolysis) is 1. The fourth-order valence-electron chi connectivity index (χ4n) is 5.70. The normalized spacial score (nSPS) is 27.2. The predicted octanol–water partition coefficient (Wildman–Crippen LogP) is 5.70. The van der Waals surface area contributed by atoms with E-state index in [2.05, 4.69) is 28.8 Å². The minimum atomic E-state index is -4.75. The molecule has 3 aliphatic heterocycles. The maximum Gasteiger partial charge on any atom is 0.573 e. The number of hydrogen-bond acceptors (Lipinski definition) is 4. The van der Waals surface area contributed by atoms with Crippen molar-refractivity contribution < 1.29 is 27.4 Å². The van der Waals surface area contributed by atoms with Crippen LogP contribution in [0.1, 0.15) is 43.9 Å². The van der Waals surface area contributed by atoms with Crippen molar-refractivity contribution in [3.8, 4) is 16.9 Å². The SMILES string of the molecule is CC1(C)Cc2ccc(-c3cccc(OC(F)(F)F)c3)cc2C1NC(=O)O[C@@H]1CN2CCC1CC2. The van der Waals surface area contributed by atoms with Gasteiger partial charge in [-0.15, -0.1) is 13.2 Å². The zero-order valence-electron chi connectivity index (χ0n) is 19.3. The highest BCUT2D eigenvalue weighted by Gasteiger charge is 2.42. The van der Waals surface area contributed by atoms with Gasteiger partial charge in [0.15, 0.2) is 0 Å². The molecule has 2 aromatic rings. The molecule has 4 aliphatic rings. The second-order valence-electron chi connectivity index (χ2n) is 10.3. The molecular formula is C26H29F3N2O3. The molecule has 2 aromatic carbocycles. The maximum absolute atomic E-state index is 12.9. The van der Waals surface area contributed by atoms with Crippen LogP contribution in [0.2, 0.25) is 0 Å². The molecule has 6 rings (SSSR count). The molecule has 1 N–H and O–H groups in total. The molecule has 3 saturated heterocycles. The molecule has 34 heavy (non-hydrogen) atoms. The largest absolute Gasteiger partial charge is 0.573 e. The number of rotatable bonds is 4. The summed E-state index contributed by atoms with van der Waals surface area (Å²) in [4.78, 5) is 15.2. The zero-order valence-corrected chi connectivity index (χ0v) is 19.3. The predicted molar refractivity (Wildman–Crippen MR) is 121 cm³/mol. The van der Waals surface area contributed by atoms with Gasteiger partial charge in [0.05, 0.1) is 6.04 Å². The first-order valence-corrected chi connectivity index (χ1v) is 11.8. The van der Waals surface area contributed by atoms with Crippen LogP contribution in [0.3, 0.4) is 0 Å². The first kappa shape index (κ1) is 23.0. The number of benzene rings is 2. The number of carbonyl (C=O) groups excluding carboxylic acids is 1. The third-order valence-corrected chi connectivity index (χ3v) is 7.40. The number of carbonyl (C=O) groups is 1. The van der Waals surface area contributed by atoms with E-state index in [4.69, 9.17) is 4.74 Å². The minimum absolute atomic E-state index is 0.0748. The monoisotopic (exact) mass is 474 g/mol. The highest BCUT2D eigenvalue weighted by molar-refractivity contribution is 5.71. The van der Waals surface area contributed by atoms with Gasteiger partial charge in [0, 0.05) is 6.54 Å². The molecule has 0 saturated carbocycles. The minimum Gasteiger partial charge on any atom is -0.445 e. The average molecular weight is 475 g/mol. The van der Waals surface area contributed by atoms with E-state index in [1.807, 2.05) is 18.2 Å². The number of nitrogens with one attached hydrogen (secondary N) is 1. The van der Waals surface area contributed by atoms with E-state index in [-0.39, 0.29) is 23.3 Å². The third-order valence-electron chi connectivity index (χ3n) is 7.40. The molecule has 0 radical (unpaired) electrons. The summed E-state index contributed by atoms with van der Waals surface area (Å²) in [5.41, 5.74) is 3.24. The Hall–Kier alpha value is -2.74. The topological polar surface area (TPSA) is 50.8 Å². The van der Waals surface area contributed by atoms with Crippen LogP contribution in [-0.2, 0) is 11.2 Å². The van der Waals surface area contributed by atoms with Crippen LogP contribution >= 0.6 is 0 Å². The van der Waals surface area contributed by atoms with Gasteiger partial charge in [0.1, 0.15) is 11.9 Å². The second kappa shape index (κ2) is 8.48. The Morgan fingerprint density at radius 1 is 1.09 bits per heavy atom. The van der Waals surface area contributed by atoms with Crippen LogP contribution in [0.25, 0.3) is 11.1 Å². The van der Waals surface area contributed by atoms with E-state index in [1.165, 1.54) is 18.2 Å². The lowest BCUT2D eigenvalue weighted by atomic mass is 9.85. The Kier molecular flexibility index (Phi) is 5.74. The first-order chi connectivity index (χ1) is 16.1. The number of ether oxygens (including phenoxy) is 2. The maximum atomic E-state index is 12.9. The molecule has 8 heteroatoms. The zero-order chi connectivity index (χ0) is 24.1. The van der Waals surface area contributed by atoms with E-state index in [1.54, 1.807) is 6.07 Å². The van der Waals surface area contributed by atoms with Gasteiger partial charge in [-0.25, -0.2) is 4.79 Å². The molecular weight excluding hydrogens is 445 g/mol. The quantitative estimate of drug-likeness (QED) is 0.618. The van der Waals surface area contributed by atoms with Crippen molar-refractivity contribution in [1.82, 2.24) is 10.2 Å². The summed E-state index contributed by atoms with van der Waals surface area (Å²) in [5, 5.41) is 3.10. The molecule has 3 heterocycles. The second-order valence-corrected chi connectivity index (χ2v) is 10.3. The summed E-state index contributed by atoms with van der Waals surface area (Å²) < 4.78 is 47.9. The van der Waals surface area contributed by atoms with Crippen molar-refractivity contribution in [3.63, 3.8) is 0 Å². The van der Waals surface area contributed by atoms with Crippen LogP contribution in [0.4, 0.5) is 18.0 Å². The lowest BCUT2D eigenvalue weighted by Gasteiger charge is -2.44. The first-order valence-electron chi connectivity index (χ1n) is 11.8. The molecule has 0 spiro atoms. The molecule has 1 unspecified atom stereocenters.